The Kier molecular flexibility index (Phi) is 5.55. The van der Waals surface area contributed by atoms with Crippen molar-refractivity contribution in [2.45, 2.75) is 38.8 Å². The van der Waals surface area contributed by atoms with Crippen LogP contribution in [-0.2, 0) is 11.3 Å². The number of nitrogens with one attached hydrogen (secondary N) is 1. The van der Waals surface area contributed by atoms with E-state index < -0.39 is 0 Å². The molecule has 0 aromatic carbocycles. The number of hydrogen-bond donors (Lipinski definition) is 1. The van der Waals surface area contributed by atoms with Crippen molar-refractivity contribution in [1.82, 2.24) is 19.9 Å². The topological polar surface area (TPSA) is 76.9 Å². The second kappa shape index (κ2) is 8.02. The Hall–Kier alpha value is -2.54. The summed E-state index contributed by atoms with van der Waals surface area (Å²) in [5, 5.41) is 4.85. The van der Waals surface area contributed by atoms with Crippen LogP contribution in [0.15, 0.2) is 47.1 Å². The Labute approximate surface area is 149 Å². The zero-order valence-electron chi connectivity index (χ0n) is 14.0. The van der Waals surface area contributed by atoms with Gasteiger partial charge in [0.05, 0.1) is 17.9 Å². The maximum atomic E-state index is 12.5. The molecular weight excluding hydrogens is 336 g/mol. The van der Waals surface area contributed by atoms with Crippen molar-refractivity contribution in [3.05, 3.63) is 58.2 Å². The van der Waals surface area contributed by atoms with Gasteiger partial charge >= 0.3 is 0 Å². The molecule has 0 fully saturated rings. The van der Waals surface area contributed by atoms with Gasteiger partial charge in [0.25, 0.3) is 5.56 Å². The summed E-state index contributed by atoms with van der Waals surface area (Å²) in [5.41, 5.74) is 1.47. The maximum Gasteiger partial charge on any atom is 0.271 e. The monoisotopic (exact) mass is 356 g/mol. The van der Waals surface area contributed by atoms with Gasteiger partial charge in [0, 0.05) is 12.4 Å². The number of hydrogen-bond acceptors (Lipinski definition) is 5. The summed E-state index contributed by atoms with van der Waals surface area (Å²) >= 11 is 1.34. The molecule has 0 saturated carbocycles. The SMILES string of the molecule is CCCCC(NC(=O)Cn1cnc2ccsc2c1=O)c1cccnc1. The Morgan fingerprint density at radius 3 is 3.04 bits per heavy atom. The van der Waals surface area contributed by atoms with Gasteiger partial charge in [0.15, 0.2) is 0 Å². The van der Waals surface area contributed by atoms with Crippen molar-refractivity contribution < 1.29 is 4.79 Å². The first kappa shape index (κ1) is 17.3. The molecule has 0 saturated heterocycles. The van der Waals surface area contributed by atoms with Crippen LogP contribution in [0, 0.1) is 0 Å². The van der Waals surface area contributed by atoms with Crippen LogP contribution in [-0.4, -0.2) is 20.4 Å². The first-order valence-electron chi connectivity index (χ1n) is 8.31. The van der Waals surface area contributed by atoms with Gasteiger partial charge in [0.1, 0.15) is 11.2 Å². The third-order valence-electron chi connectivity index (χ3n) is 4.02. The van der Waals surface area contributed by atoms with E-state index in [1.165, 1.54) is 22.2 Å². The van der Waals surface area contributed by atoms with Crippen LogP contribution >= 0.6 is 11.3 Å². The largest absolute Gasteiger partial charge is 0.348 e. The Bertz CT molecular complexity index is 904. The molecule has 0 aliphatic heterocycles. The highest BCUT2D eigenvalue weighted by Gasteiger charge is 2.16. The van der Waals surface area contributed by atoms with E-state index >= 15 is 0 Å². The fraction of sp³-hybridized carbons (Fsp3) is 0.333. The highest BCUT2D eigenvalue weighted by atomic mass is 32.1. The fourth-order valence-electron chi connectivity index (χ4n) is 2.70. The number of rotatable bonds is 7. The molecule has 1 amide bonds. The lowest BCUT2D eigenvalue weighted by Crippen LogP contribution is -2.34. The minimum Gasteiger partial charge on any atom is -0.348 e. The zero-order valence-corrected chi connectivity index (χ0v) is 14.8. The number of pyridine rings is 1. The average molecular weight is 356 g/mol. The second-order valence-electron chi connectivity index (χ2n) is 5.86. The molecule has 3 aromatic rings. The number of unbranched alkanes of at least 4 members (excludes halogenated alkanes) is 1. The number of nitrogens with zero attached hydrogens (tertiary/aromatic N) is 3. The van der Waals surface area contributed by atoms with Crippen molar-refractivity contribution >= 4 is 27.5 Å². The van der Waals surface area contributed by atoms with E-state index in [4.69, 9.17) is 0 Å². The van der Waals surface area contributed by atoms with Crippen LogP contribution in [0.1, 0.15) is 37.8 Å². The van der Waals surface area contributed by atoms with Crippen LogP contribution in [0.25, 0.3) is 10.2 Å². The first-order chi connectivity index (χ1) is 12.2. The Morgan fingerprint density at radius 2 is 2.28 bits per heavy atom. The predicted molar refractivity (Wildman–Crippen MR) is 98.5 cm³/mol. The molecule has 1 atom stereocenters. The lowest BCUT2D eigenvalue weighted by molar-refractivity contribution is -0.122. The quantitative estimate of drug-likeness (QED) is 0.706. The molecule has 0 bridgehead atoms. The average Bonchev–Trinajstić information content (AvgIpc) is 3.11. The Balaban J connectivity index is 1.74. The summed E-state index contributed by atoms with van der Waals surface area (Å²) < 4.78 is 1.93. The van der Waals surface area contributed by atoms with Gasteiger partial charge in [-0.15, -0.1) is 11.3 Å². The van der Waals surface area contributed by atoms with Gasteiger partial charge < -0.3 is 5.32 Å². The normalized spacial score (nSPS) is 12.2. The van der Waals surface area contributed by atoms with E-state index in [-0.39, 0.29) is 24.1 Å². The summed E-state index contributed by atoms with van der Waals surface area (Å²) in [6.45, 7) is 2.08. The highest BCUT2D eigenvalue weighted by molar-refractivity contribution is 7.17. The van der Waals surface area contributed by atoms with E-state index in [1.807, 2.05) is 17.5 Å². The van der Waals surface area contributed by atoms with Gasteiger partial charge in [-0.05, 0) is 29.5 Å². The molecule has 1 unspecified atom stereocenters. The minimum atomic E-state index is -0.204. The smallest absolute Gasteiger partial charge is 0.271 e. The molecule has 25 heavy (non-hydrogen) atoms. The lowest BCUT2D eigenvalue weighted by Gasteiger charge is -2.19. The van der Waals surface area contributed by atoms with E-state index in [1.54, 1.807) is 18.5 Å². The van der Waals surface area contributed by atoms with E-state index in [2.05, 4.69) is 22.2 Å². The summed E-state index contributed by atoms with van der Waals surface area (Å²) in [7, 11) is 0. The van der Waals surface area contributed by atoms with Gasteiger partial charge in [-0.2, -0.15) is 0 Å². The standard InChI is InChI=1S/C18H20N4O2S/c1-2-3-6-14(13-5-4-8-19-10-13)21-16(23)11-22-12-20-15-7-9-25-17(15)18(22)24/h4-5,7-10,12,14H,2-3,6,11H2,1H3,(H,21,23). The summed E-state index contributed by atoms with van der Waals surface area (Å²) in [4.78, 5) is 33.2. The zero-order chi connectivity index (χ0) is 17.6. The van der Waals surface area contributed by atoms with Crippen LogP contribution in [0.3, 0.4) is 0 Å². The molecule has 0 aliphatic carbocycles. The van der Waals surface area contributed by atoms with E-state index in [0.29, 0.717) is 10.2 Å². The molecular formula is C18H20N4O2S. The van der Waals surface area contributed by atoms with Crippen molar-refractivity contribution in [2.75, 3.05) is 0 Å². The lowest BCUT2D eigenvalue weighted by atomic mass is 10.0. The number of fused-ring (bicyclic) bond motifs is 1. The number of carbonyl (C=O) groups excluding carboxylic acids is 1. The molecule has 6 nitrogen and oxygen atoms in total. The van der Waals surface area contributed by atoms with E-state index in [0.717, 1.165) is 24.8 Å². The summed E-state index contributed by atoms with van der Waals surface area (Å²) in [6.07, 6.45) is 7.80. The van der Waals surface area contributed by atoms with Crippen molar-refractivity contribution in [3.8, 4) is 0 Å². The highest BCUT2D eigenvalue weighted by Crippen LogP contribution is 2.18. The molecule has 3 heterocycles. The van der Waals surface area contributed by atoms with Crippen LogP contribution in [0.4, 0.5) is 0 Å². The third kappa shape index (κ3) is 4.11. The molecule has 130 valence electrons. The molecule has 0 aliphatic rings. The number of thiophene rings is 1. The van der Waals surface area contributed by atoms with Crippen LogP contribution in [0.5, 0.6) is 0 Å². The predicted octanol–water partition coefficient (Wildman–Crippen LogP) is 2.90. The minimum absolute atomic E-state index is 0.0391. The molecule has 3 aromatic heterocycles. The van der Waals surface area contributed by atoms with Crippen LogP contribution < -0.4 is 10.9 Å². The van der Waals surface area contributed by atoms with Gasteiger partial charge in [-0.25, -0.2) is 4.98 Å². The maximum absolute atomic E-state index is 12.5. The van der Waals surface area contributed by atoms with Crippen molar-refractivity contribution in [2.24, 2.45) is 0 Å². The van der Waals surface area contributed by atoms with Gasteiger partial charge in [-0.1, -0.05) is 25.8 Å². The molecule has 7 heteroatoms. The van der Waals surface area contributed by atoms with Gasteiger partial charge in [0.2, 0.25) is 5.91 Å². The molecule has 1 N–H and O–H groups in total. The van der Waals surface area contributed by atoms with E-state index in [9.17, 15) is 9.59 Å². The van der Waals surface area contributed by atoms with Crippen LogP contribution in [0.2, 0.25) is 0 Å². The number of aromatic nitrogens is 3. The Morgan fingerprint density at radius 1 is 1.40 bits per heavy atom. The summed E-state index contributed by atoms with van der Waals surface area (Å²) in [5.74, 6) is -0.204. The van der Waals surface area contributed by atoms with Crippen molar-refractivity contribution in [3.63, 3.8) is 0 Å². The first-order valence-corrected chi connectivity index (χ1v) is 9.19. The number of carbonyl (C=O) groups is 1. The molecule has 0 radical (unpaired) electrons. The fourth-order valence-corrected chi connectivity index (χ4v) is 3.49. The van der Waals surface area contributed by atoms with Crippen molar-refractivity contribution in [1.29, 1.82) is 0 Å². The van der Waals surface area contributed by atoms with Gasteiger partial charge in [-0.3, -0.25) is 19.1 Å². The molecule has 0 spiro atoms. The second-order valence-corrected chi connectivity index (χ2v) is 6.78. The third-order valence-corrected chi connectivity index (χ3v) is 4.91. The summed E-state index contributed by atoms with van der Waals surface area (Å²) in [6, 6.07) is 5.52. The number of amides is 1. The molecule has 3 rings (SSSR count).